The fraction of sp³-hybridized carbons (Fsp3) is 1.00. The zero-order chi connectivity index (χ0) is 12.5. The quantitative estimate of drug-likeness (QED) is 0.603. The van der Waals surface area contributed by atoms with Crippen LogP contribution < -0.4 is 0 Å². The van der Waals surface area contributed by atoms with Crippen LogP contribution in [0.1, 0.15) is 0 Å². The van der Waals surface area contributed by atoms with Crippen LogP contribution in [0.3, 0.4) is 0 Å². The molecule has 0 aromatic carbocycles. The van der Waals surface area contributed by atoms with Gasteiger partial charge in [0.05, 0.1) is 0 Å². The van der Waals surface area contributed by atoms with Crippen molar-refractivity contribution in [1.29, 1.82) is 0 Å². The van der Waals surface area contributed by atoms with E-state index in [0.717, 1.165) is 10.6 Å². The summed E-state index contributed by atoms with van der Waals surface area (Å²) < 4.78 is 27.9. The molecular formula is C12H22O5Se. The second-order valence-corrected chi connectivity index (χ2v) is 6.45. The van der Waals surface area contributed by atoms with E-state index < -0.39 is 0 Å². The topological polar surface area (TPSA) is 46.2 Å². The summed E-state index contributed by atoms with van der Waals surface area (Å²) >= 11 is 0.663. The van der Waals surface area contributed by atoms with Crippen LogP contribution in [0.5, 0.6) is 0 Å². The predicted octanol–water partition coefficient (Wildman–Crippen LogP) is 0.375. The van der Waals surface area contributed by atoms with Crippen molar-refractivity contribution in [2.24, 2.45) is 0 Å². The maximum absolute atomic E-state index is 5.83. The van der Waals surface area contributed by atoms with Gasteiger partial charge >= 0.3 is 114 Å². The van der Waals surface area contributed by atoms with Gasteiger partial charge in [0.15, 0.2) is 0 Å². The number of fused-ring (bicyclic) bond motifs is 1. The van der Waals surface area contributed by atoms with Crippen LogP contribution in [-0.4, -0.2) is 80.0 Å². The Bertz CT molecular complexity index is 197. The van der Waals surface area contributed by atoms with Crippen LogP contribution in [0.4, 0.5) is 0 Å². The van der Waals surface area contributed by atoms with Crippen molar-refractivity contribution < 1.29 is 23.7 Å². The number of rotatable bonds is 0. The summed E-state index contributed by atoms with van der Waals surface area (Å²) in [6, 6.07) is 0. The van der Waals surface area contributed by atoms with Crippen molar-refractivity contribution >= 4 is 15.0 Å². The minimum atomic E-state index is 0.259. The van der Waals surface area contributed by atoms with Gasteiger partial charge in [-0.15, -0.1) is 0 Å². The van der Waals surface area contributed by atoms with E-state index in [2.05, 4.69) is 0 Å². The molecule has 2 aliphatic rings. The zero-order valence-corrected chi connectivity index (χ0v) is 12.4. The van der Waals surface area contributed by atoms with Gasteiger partial charge in [0.1, 0.15) is 0 Å². The molecule has 106 valence electrons. The second kappa shape index (κ2) is 9.26. The van der Waals surface area contributed by atoms with E-state index in [1.807, 2.05) is 0 Å². The zero-order valence-electron chi connectivity index (χ0n) is 10.7. The Morgan fingerprint density at radius 1 is 0.556 bits per heavy atom. The Hall–Kier alpha value is 0.319. The van der Waals surface area contributed by atoms with Crippen LogP contribution in [0, 0.1) is 0 Å². The van der Waals surface area contributed by atoms with Gasteiger partial charge in [0.25, 0.3) is 0 Å². The maximum atomic E-state index is 5.83. The van der Waals surface area contributed by atoms with E-state index >= 15 is 0 Å². The molecule has 0 saturated carbocycles. The molecule has 2 fully saturated rings. The predicted molar refractivity (Wildman–Crippen MR) is 67.3 cm³/mol. The molecule has 0 spiro atoms. The summed E-state index contributed by atoms with van der Waals surface area (Å²) in [5.74, 6) is 0. The summed E-state index contributed by atoms with van der Waals surface area (Å²) in [5.41, 5.74) is 0. The molecule has 0 unspecified atom stereocenters. The van der Waals surface area contributed by atoms with E-state index in [1.54, 1.807) is 0 Å². The second-order valence-electron chi connectivity index (χ2n) is 4.19. The fourth-order valence-electron chi connectivity index (χ4n) is 1.88. The van der Waals surface area contributed by atoms with Crippen molar-refractivity contribution in [3.05, 3.63) is 0 Å². The van der Waals surface area contributed by atoms with Gasteiger partial charge < -0.3 is 0 Å². The molecule has 6 heteroatoms. The molecule has 0 N–H and O–H groups in total. The molecule has 2 heterocycles. The van der Waals surface area contributed by atoms with Crippen LogP contribution in [0.15, 0.2) is 0 Å². The summed E-state index contributed by atoms with van der Waals surface area (Å²) in [6.45, 7) is 5.06. The van der Waals surface area contributed by atoms with Gasteiger partial charge in [0.2, 0.25) is 0 Å². The number of hydrogen-bond acceptors (Lipinski definition) is 5. The molecule has 2 saturated heterocycles. The monoisotopic (exact) mass is 326 g/mol. The van der Waals surface area contributed by atoms with Gasteiger partial charge in [-0.1, -0.05) is 0 Å². The first-order valence-electron chi connectivity index (χ1n) is 6.51. The van der Waals surface area contributed by atoms with E-state index in [0.29, 0.717) is 67.8 Å². The molecule has 2 aliphatic heterocycles. The van der Waals surface area contributed by atoms with Gasteiger partial charge in [0, 0.05) is 0 Å². The molecule has 0 amide bonds. The molecule has 0 radical (unpaired) electrons. The number of ether oxygens (including phenoxy) is 5. The van der Waals surface area contributed by atoms with Crippen molar-refractivity contribution in [3.63, 3.8) is 0 Å². The van der Waals surface area contributed by atoms with Gasteiger partial charge in [-0.2, -0.15) is 0 Å². The van der Waals surface area contributed by atoms with E-state index in [1.165, 1.54) is 0 Å². The van der Waals surface area contributed by atoms with Crippen molar-refractivity contribution in [2.45, 2.75) is 22.8 Å². The normalized spacial score (nSPS) is 33.3. The first kappa shape index (κ1) is 14.7. The Morgan fingerprint density at radius 3 is 1.39 bits per heavy atom. The van der Waals surface area contributed by atoms with Crippen LogP contribution in [0.25, 0.3) is 0 Å². The molecule has 0 aromatic heterocycles. The minimum absolute atomic E-state index is 0.259. The summed E-state index contributed by atoms with van der Waals surface area (Å²) in [6.07, 6.45) is 0.518. The van der Waals surface area contributed by atoms with Crippen molar-refractivity contribution in [3.8, 4) is 0 Å². The standard InChI is InChI=1S/C12H22O5Se/c1-3-14-5-7-16-11-9-18-10-12(11)17-8-6-15-4-2-13-1/h11-12H,1-10H2/t11-,12-/m0/s1. The molecule has 0 bridgehead atoms. The third kappa shape index (κ3) is 5.53. The molecule has 2 atom stereocenters. The third-order valence-electron chi connectivity index (χ3n) is 2.84. The average molecular weight is 325 g/mol. The molecule has 0 aromatic rings. The molecule has 2 rings (SSSR count). The Morgan fingerprint density at radius 2 is 0.944 bits per heavy atom. The number of hydrogen-bond donors (Lipinski definition) is 0. The Balaban J connectivity index is 1.71. The van der Waals surface area contributed by atoms with Crippen LogP contribution in [0.2, 0.25) is 10.6 Å². The summed E-state index contributed by atoms with van der Waals surface area (Å²) in [7, 11) is 0. The van der Waals surface area contributed by atoms with Gasteiger partial charge in [-0.25, -0.2) is 0 Å². The molecule has 5 nitrogen and oxygen atoms in total. The van der Waals surface area contributed by atoms with E-state index in [9.17, 15) is 0 Å². The Labute approximate surface area is 115 Å². The molecule has 18 heavy (non-hydrogen) atoms. The fourth-order valence-corrected chi connectivity index (χ4v) is 4.45. The summed E-state index contributed by atoms with van der Waals surface area (Å²) in [5, 5.41) is 2.31. The van der Waals surface area contributed by atoms with Crippen LogP contribution >= 0.6 is 0 Å². The van der Waals surface area contributed by atoms with E-state index in [-0.39, 0.29) is 12.2 Å². The molecule has 0 aliphatic carbocycles. The molecular weight excluding hydrogens is 303 g/mol. The first-order chi connectivity index (χ1) is 8.97. The average Bonchev–Trinajstić information content (AvgIpc) is 2.81. The van der Waals surface area contributed by atoms with E-state index in [4.69, 9.17) is 23.7 Å². The van der Waals surface area contributed by atoms with Gasteiger partial charge in [-0.3, -0.25) is 0 Å². The first-order valence-corrected chi connectivity index (χ1v) is 8.93. The Kier molecular flexibility index (Phi) is 7.57. The van der Waals surface area contributed by atoms with Crippen molar-refractivity contribution in [2.75, 3.05) is 52.9 Å². The van der Waals surface area contributed by atoms with Gasteiger partial charge in [-0.05, 0) is 0 Å². The third-order valence-corrected chi connectivity index (χ3v) is 5.21. The van der Waals surface area contributed by atoms with Crippen LogP contribution in [-0.2, 0) is 23.7 Å². The van der Waals surface area contributed by atoms with Crippen molar-refractivity contribution in [1.82, 2.24) is 0 Å². The SMILES string of the molecule is C1COCCO[C@H]2C[Se]C[C@@H]2OCCOCCO1. The summed E-state index contributed by atoms with van der Waals surface area (Å²) in [4.78, 5) is 0.